The van der Waals surface area contributed by atoms with Crippen LogP contribution >= 0.6 is 23.1 Å². The second-order valence-corrected chi connectivity index (χ2v) is 23.2. The largest absolute Gasteiger partial charge is 0.494 e. The van der Waals surface area contributed by atoms with Crippen molar-refractivity contribution in [3.8, 4) is 28.0 Å². The van der Waals surface area contributed by atoms with Crippen molar-refractivity contribution in [3.63, 3.8) is 0 Å². The smallest absolute Gasteiger partial charge is 0.255 e. The maximum atomic E-state index is 16.9. The Kier molecular flexibility index (Phi) is 13.2. The summed E-state index contributed by atoms with van der Waals surface area (Å²) < 4.78 is 38.9. The fourth-order valence-corrected chi connectivity index (χ4v) is 11.6. The van der Waals surface area contributed by atoms with E-state index in [9.17, 15) is 18.9 Å². The highest BCUT2D eigenvalue weighted by atomic mass is 79.9. The van der Waals surface area contributed by atoms with Gasteiger partial charge in [-0.05, 0) is 88.8 Å². The molecule has 4 aromatic carbocycles. The first kappa shape index (κ1) is 48.0. The van der Waals surface area contributed by atoms with Gasteiger partial charge in [0.05, 0.1) is 29.2 Å². The highest BCUT2D eigenvalue weighted by Crippen LogP contribution is 2.44. The lowest BCUT2D eigenvalue weighted by Crippen LogP contribution is -2.53. The molecule has 2 aromatic heterocycles. The van der Waals surface area contributed by atoms with Gasteiger partial charge in [-0.25, -0.2) is 9.37 Å². The molecule has 71 heavy (non-hydrogen) atoms. The van der Waals surface area contributed by atoms with E-state index in [0.717, 1.165) is 39.2 Å². The zero-order valence-electron chi connectivity index (χ0n) is 40.1. The summed E-state index contributed by atoms with van der Waals surface area (Å²) in [6, 6.07) is 25.1. The number of hydrogen-bond donors (Lipinski definition) is 3. The Morgan fingerprint density at radius 2 is 1.63 bits per heavy atom. The molecule has 3 amide bonds. The Bertz CT molecular complexity index is 3080. The number of aromatic nitrogens is 4. The molecule has 0 spiro atoms. The van der Waals surface area contributed by atoms with Crippen LogP contribution in [0, 0.1) is 0 Å². The van der Waals surface area contributed by atoms with Gasteiger partial charge < -0.3 is 34.6 Å². The summed E-state index contributed by atoms with van der Waals surface area (Å²) in [5.74, 6) is 0.429. The topological polar surface area (TPSA) is 170 Å². The molecule has 1 atom stereocenters. The molecule has 0 unspecified atom stereocenters. The number of carbonyl (C=O) groups excluding carboxylic acids is 3. The number of hydrogen-bond acceptors (Lipinski definition) is 13. The summed E-state index contributed by atoms with van der Waals surface area (Å²) in [6.45, 7) is 8.03. The minimum absolute atomic E-state index is 0.189. The number of halogens is 2. The number of piperidine rings is 2. The van der Waals surface area contributed by atoms with Crippen LogP contribution in [0.1, 0.15) is 41.6 Å². The van der Waals surface area contributed by atoms with Crippen molar-refractivity contribution in [1.29, 1.82) is 0 Å². The van der Waals surface area contributed by atoms with Crippen molar-refractivity contribution in [2.75, 3.05) is 86.7 Å². The Morgan fingerprint density at radius 3 is 2.34 bits per heavy atom. The maximum Gasteiger partial charge on any atom is 0.255 e. The summed E-state index contributed by atoms with van der Waals surface area (Å²) >= 11 is 3.62. The van der Waals surface area contributed by atoms with Crippen LogP contribution in [0.2, 0.25) is 0 Å². The number of piperazine rings is 1. The van der Waals surface area contributed by atoms with Gasteiger partial charge in [0.2, 0.25) is 17.8 Å². The lowest BCUT2D eigenvalue weighted by Gasteiger charge is -2.43. The molecule has 10 rings (SSSR count). The van der Waals surface area contributed by atoms with Crippen LogP contribution in [0.3, 0.4) is 0 Å². The van der Waals surface area contributed by atoms with E-state index >= 15 is 4.39 Å². The van der Waals surface area contributed by atoms with Crippen LogP contribution < -0.4 is 35.8 Å². The fraction of sp³-hybridized carbons (Fsp3) is 0.346. The summed E-state index contributed by atoms with van der Waals surface area (Å²) in [6.07, 6.45) is 6.68. The fourth-order valence-electron chi connectivity index (χ4n) is 10.2. The highest BCUT2D eigenvalue weighted by molar-refractivity contribution is 9.10. The van der Waals surface area contributed by atoms with Gasteiger partial charge in [-0.3, -0.25) is 29.3 Å². The maximum absolute atomic E-state index is 16.9. The molecule has 6 heterocycles. The van der Waals surface area contributed by atoms with E-state index < -0.39 is 24.8 Å². The van der Waals surface area contributed by atoms with Crippen LogP contribution in [0.15, 0.2) is 102 Å². The quantitative estimate of drug-likeness (QED) is 0.0754. The first-order chi connectivity index (χ1) is 34.1. The zero-order valence-corrected chi connectivity index (χ0v) is 42.6. The van der Waals surface area contributed by atoms with Crippen molar-refractivity contribution in [3.05, 3.63) is 113 Å². The van der Waals surface area contributed by atoms with Crippen LogP contribution in [0.5, 0.6) is 5.75 Å². The van der Waals surface area contributed by atoms with E-state index in [4.69, 9.17) is 9.72 Å². The standard InChI is InChI=1S/C52H56BrFN11O5P/c1-61-30-36(28-56-61)39-26-42(58-51-55-29-40(53)48(60-51)57-41-13-10-34(25-46(41)71(3,4)69)33-8-6-5-7-9-33)45(70-2)27-44(39)64-18-16-52(54,17-19-64)32-62-20-22-63(23-21-62)37-11-12-38-35(24-37)31-65(50(38)68)43-14-15-47(66)59-49(43)67/h5-13,24-30,43H,14-23,31-32H2,1-4H3,(H,59,66,67)(H2,55,57,58,60)/t43-/m0/s1. The minimum atomic E-state index is -2.73. The first-order valence-electron chi connectivity index (χ1n) is 23.8. The number of nitrogens with one attached hydrogen (secondary N) is 3. The van der Waals surface area contributed by atoms with Crippen molar-refractivity contribution in [1.82, 2.24) is 34.9 Å². The monoisotopic (exact) mass is 1040 g/mol. The number of imide groups is 1. The van der Waals surface area contributed by atoms with E-state index in [0.29, 0.717) is 116 Å². The molecule has 0 radical (unpaired) electrons. The van der Waals surface area contributed by atoms with Gasteiger partial charge in [0.1, 0.15) is 30.4 Å². The molecule has 0 aliphatic carbocycles. The number of anilines is 6. The van der Waals surface area contributed by atoms with Crippen molar-refractivity contribution >= 4 is 80.6 Å². The second kappa shape index (κ2) is 19.5. The predicted octanol–water partition coefficient (Wildman–Crippen LogP) is 7.94. The number of methoxy groups -OCH3 is 1. The van der Waals surface area contributed by atoms with Crippen LogP contribution in [0.4, 0.5) is 38.9 Å². The number of aryl methyl sites for hydroxylation is 1. The van der Waals surface area contributed by atoms with Gasteiger partial charge >= 0.3 is 0 Å². The number of ether oxygens (including phenoxy) is 1. The molecule has 3 N–H and O–H groups in total. The Labute approximate surface area is 420 Å². The van der Waals surface area contributed by atoms with Crippen molar-refractivity contribution in [2.45, 2.75) is 43.9 Å². The molecule has 19 heteroatoms. The number of benzene rings is 4. The van der Waals surface area contributed by atoms with Gasteiger partial charge in [-0.15, -0.1) is 0 Å². The van der Waals surface area contributed by atoms with Crippen LogP contribution in [-0.4, -0.2) is 125 Å². The number of fused-ring (bicyclic) bond motifs is 1. The molecular weight excluding hydrogens is 989 g/mol. The normalized spacial score (nSPS) is 18.4. The van der Waals surface area contributed by atoms with Crippen molar-refractivity contribution < 1.29 is 28.1 Å². The highest BCUT2D eigenvalue weighted by Gasteiger charge is 2.40. The summed E-state index contributed by atoms with van der Waals surface area (Å²) in [7, 11) is 0.756. The first-order valence-corrected chi connectivity index (χ1v) is 27.2. The lowest BCUT2D eigenvalue weighted by atomic mass is 9.91. The van der Waals surface area contributed by atoms with E-state index in [1.54, 1.807) is 36.2 Å². The average molecular weight is 1040 g/mol. The van der Waals surface area contributed by atoms with Crippen LogP contribution in [0.25, 0.3) is 22.3 Å². The Balaban J connectivity index is 0.805. The molecule has 16 nitrogen and oxygen atoms in total. The van der Waals surface area contributed by atoms with E-state index in [2.05, 4.69) is 56.7 Å². The van der Waals surface area contributed by atoms with E-state index in [-0.39, 0.29) is 18.2 Å². The average Bonchev–Trinajstić information content (AvgIpc) is 3.94. The Morgan fingerprint density at radius 1 is 0.859 bits per heavy atom. The molecular formula is C52H56BrFN11O5P. The minimum Gasteiger partial charge on any atom is -0.494 e. The number of nitrogens with zero attached hydrogens (tertiary/aromatic N) is 8. The molecule has 368 valence electrons. The Hall–Kier alpha value is -6.62. The van der Waals surface area contributed by atoms with Crippen molar-refractivity contribution in [2.24, 2.45) is 7.05 Å². The van der Waals surface area contributed by atoms with E-state index in [1.807, 2.05) is 98.3 Å². The molecule has 0 saturated carbocycles. The van der Waals surface area contributed by atoms with Gasteiger partial charge in [0.25, 0.3) is 5.91 Å². The van der Waals surface area contributed by atoms with Gasteiger partial charge in [0, 0.05) is 130 Å². The number of rotatable bonds is 13. The molecule has 4 aliphatic rings. The third-order valence-electron chi connectivity index (χ3n) is 14.0. The van der Waals surface area contributed by atoms with E-state index in [1.165, 1.54) is 0 Å². The van der Waals surface area contributed by atoms with Gasteiger partial charge in [-0.2, -0.15) is 10.1 Å². The summed E-state index contributed by atoms with van der Waals surface area (Å²) in [5, 5.41) is 14.3. The van der Waals surface area contributed by atoms with Gasteiger partial charge in [0.15, 0.2) is 0 Å². The predicted molar refractivity (Wildman–Crippen MR) is 279 cm³/mol. The number of amides is 3. The number of alkyl halides is 1. The molecule has 4 aliphatic heterocycles. The zero-order chi connectivity index (χ0) is 49.6. The van der Waals surface area contributed by atoms with Crippen LogP contribution in [-0.2, 0) is 27.7 Å². The molecule has 0 bridgehead atoms. The third-order valence-corrected chi connectivity index (χ3v) is 16.1. The summed E-state index contributed by atoms with van der Waals surface area (Å²) in [4.78, 5) is 55.2. The van der Waals surface area contributed by atoms with Gasteiger partial charge in [-0.1, -0.05) is 36.4 Å². The second-order valence-electron chi connectivity index (χ2n) is 19.2. The lowest BCUT2D eigenvalue weighted by molar-refractivity contribution is -0.136. The third kappa shape index (κ3) is 10.2. The summed E-state index contributed by atoms with van der Waals surface area (Å²) in [5.41, 5.74) is 7.08. The molecule has 3 fully saturated rings. The molecule has 3 saturated heterocycles. The number of carbonyl (C=O) groups is 3. The SMILES string of the molecule is COc1cc(N2CCC(F)(CN3CCN(c4ccc5c(c4)CN([C@H]4CCC(=O)NC4=O)C5=O)CC3)CC2)c(-c2cnn(C)c2)cc1Nc1ncc(Br)c(Nc2ccc(-c3ccccc3)cc2P(C)(C)=O)n1. The molecule has 6 aromatic rings.